The van der Waals surface area contributed by atoms with Gasteiger partial charge >= 0.3 is 0 Å². The normalized spacial score (nSPS) is 34.9. The van der Waals surface area contributed by atoms with Crippen molar-refractivity contribution in [3.63, 3.8) is 0 Å². The Bertz CT molecular complexity index is 328. The lowest BCUT2D eigenvalue weighted by molar-refractivity contribution is 0.556. The zero-order valence-electron chi connectivity index (χ0n) is 8.77. The van der Waals surface area contributed by atoms with Crippen LogP contribution in [0.4, 0.5) is 0 Å². The molecule has 2 saturated carbocycles. The van der Waals surface area contributed by atoms with E-state index in [1.54, 1.807) is 0 Å². The average molecular weight is 222 g/mol. The Kier molecular flexibility index (Phi) is 2.44. The molecule has 0 bridgehead atoms. The van der Waals surface area contributed by atoms with Gasteiger partial charge in [-0.1, -0.05) is 12.5 Å². The highest BCUT2D eigenvalue weighted by Crippen LogP contribution is 2.60. The highest BCUT2D eigenvalue weighted by atomic mass is 35.5. The molecule has 80 valence electrons. The van der Waals surface area contributed by atoms with Crippen molar-refractivity contribution < 1.29 is 0 Å². The summed E-state index contributed by atoms with van der Waals surface area (Å²) in [5, 5.41) is 0.315. The molecular formula is C13H16ClN. The van der Waals surface area contributed by atoms with E-state index < -0.39 is 0 Å². The number of aromatic nitrogens is 1. The van der Waals surface area contributed by atoms with Gasteiger partial charge in [0.05, 0.1) is 0 Å². The molecule has 2 fully saturated rings. The predicted octanol–water partition coefficient (Wildman–Crippen LogP) is 3.28. The number of rotatable bonds is 3. The first-order chi connectivity index (χ1) is 7.36. The van der Waals surface area contributed by atoms with Crippen LogP contribution >= 0.6 is 11.6 Å². The van der Waals surface area contributed by atoms with E-state index >= 15 is 0 Å². The lowest BCUT2D eigenvalue weighted by atomic mass is 10.0. The lowest BCUT2D eigenvalue weighted by Crippen LogP contribution is -2.10. The number of nitrogens with zero attached hydrogens (tertiary/aromatic N) is 1. The SMILES string of the molecule is ClC(Cc1ccccn1)C1C2CCCC21. The molecule has 3 unspecified atom stereocenters. The minimum atomic E-state index is 0.315. The number of halogens is 1. The topological polar surface area (TPSA) is 12.9 Å². The molecule has 1 nitrogen and oxygen atoms in total. The van der Waals surface area contributed by atoms with Crippen LogP contribution in [-0.2, 0) is 6.42 Å². The summed E-state index contributed by atoms with van der Waals surface area (Å²) in [5.41, 5.74) is 1.14. The molecule has 0 spiro atoms. The van der Waals surface area contributed by atoms with Crippen LogP contribution in [0.1, 0.15) is 25.0 Å². The van der Waals surface area contributed by atoms with Gasteiger partial charge in [-0.3, -0.25) is 4.98 Å². The average Bonchev–Trinajstić information content (AvgIpc) is 2.75. The summed E-state index contributed by atoms with van der Waals surface area (Å²) in [6.07, 6.45) is 7.06. The van der Waals surface area contributed by atoms with E-state index in [-0.39, 0.29) is 0 Å². The van der Waals surface area contributed by atoms with Crippen LogP contribution in [0.5, 0.6) is 0 Å². The molecule has 0 radical (unpaired) electrons. The largest absolute Gasteiger partial charge is 0.261 e. The van der Waals surface area contributed by atoms with E-state index in [0.29, 0.717) is 5.38 Å². The smallest absolute Gasteiger partial charge is 0.0425 e. The monoisotopic (exact) mass is 221 g/mol. The summed E-state index contributed by atoms with van der Waals surface area (Å²) in [4.78, 5) is 4.34. The first-order valence-corrected chi connectivity index (χ1v) is 6.34. The van der Waals surface area contributed by atoms with E-state index in [2.05, 4.69) is 11.1 Å². The molecule has 0 aromatic carbocycles. The summed E-state index contributed by atoms with van der Waals surface area (Å²) in [6, 6.07) is 6.08. The Labute approximate surface area is 95.9 Å². The minimum Gasteiger partial charge on any atom is -0.261 e. The van der Waals surface area contributed by atoms with Crippen LogP contribution in [0.2, 0.25) is 0 Å². The van der Waals surface area contributed by atoms with Crippen molar-refractivity contribution in [1.82, 2.24) is 4.98 Å². The van der Waals surface area contributed by atoms with Crippen LogP contribution in [-0.4, -0.2) is 10.4 Å². The summed E-state index contributed by atoms with van der Waals surface area (Å²) in [5.74, 6) is 2.70. The zero-order valence-corrected chi connectivity index (χ0v) is 9.53. The second kappa shape index (κ2) is 3.79. The van der Waals surface area contributed by atoms with E-state index in [1.165, 1.54) is 19.3 Å². The molecule has 0 amide bonds. The van der Waals surface area contributed by atoms with Crippen LogP contribution in [0.25, 0.3) is 0 Å². The first-order valence-electron chi connectivity index (χ1n) is 5.90. The second-order valence-corrected chi connectivity index (χ2v) is 5.44. The molecule has 2 heteroatoms. The Morgan fingerprint density at radius 2 is 2.13 bits per heavy atom. The molecule has 0 N–H and O–H groups in total. The van der Waals surface area contributed by atoms with Crippen LogP contribution in [0, 0.1) is 17.8 Å². The first kappa shape index (κ1) is 9.65. The number of pyridine rings is 1. The van der Waals surface area contributed by atoms with Crippen molar-refractivity contribution in [1.29, 1.82) is 0 Å². The van der Waals surface area contributed by atoms with Gasteiger partial charge in [0.1, 0.15) is 0 Å². The van der Waals surface area contributed by atoms with Crippen molar-refractivity contribution in [2.75, 3.05) is 0 Å². The lowest BCUT2D eigenvalue weighted by Gasteiger charge is -2.10. The van der Waals surface area contributed by atoms with Gasteiger partial charge in [0.2, 0.25) is 0 Å². The van der Waals surface area contributed by atoms with E-state index in [0.717, 1.165) is 29.9 Å². The van der Waals surface area contributed by atoms with E-state index in [1.807, 2.05) is 18.3 Å². The Balaban J connectivity index is 1.60. The number of hydrogen-bond donors (Lipinski definition) is 0. The maximum Gasteiger partial charge on any atom is 0.0425 e. The van der Waals surface area contributed by atoms with Gasteiger partial charge in [0, 0.05) is 23.7 Å². The highest BCUT2D eigenvalue weighted by molar-refractivity contribution is 6.21. The number of alkyl halides is 1. The van der Waals surface area contributed by atoms with Crippen LogP contribution in [0.3, 0.4) is 0 Å². The molecule has 1 heterocycles. The summed E-state index contributed by atoms with van der Waals surface area (Å²) < 4.78 is 0. The molecule has 15 heavy (non-hydrogen) atoms. The molecule has 1 aromatic heterocycles. The standard InChI is InChI=1S/C13H16ClN/c14-12(8-9-4-1-2-7-15-9)13-10-5-3-6-11(10)13/h1-2,4,7,10-13H,3,5-6,8H2. The maximum absolute atomic E-state index is 6.47. The fraction of sp³-hybridized carbons (Fsp3) is 0.615. The maximum atomic E-state index is 6.47. The highest BCUT2D eigenvalue weighted by Gasteiger charge is 2.55. The second-order valence-electron chi connectivity index (χ2n) is 4.88. The summed E-state index contributed by atoms with van der Waals surface area (Å²) in [7, 11) is 0. The molecule has 3 atom stereocenters. The fourth-order valence-corrected chi connectivity index (χ4v) is 3.80. The van der Waals surface area contributed by atoms with Crippen LogP contribution < -0.4 is 0 Å². The number of fused-ring (bicyclic) bond motifs is 1. The Hall–Kier alpha value is -0.560. The molecular weight excluding hydrogens is 206 g/mol. The Morgan fingerprint density at radius 3 is 2.80 bits per heavy atom. The third kappa shape index (κ3) is 1.78. The van der Waals surface area contributed by atoms with Gasteiger partial charge in [-0.05, 0) is 42.7 Å². The molecule has 2 aliphatic rings. The predicted molar refractivity (Wildman–Crippen MR) is 61.9 cm³/mol. The molecule has 2 aliphatic carbocycles. The van der Waals surface area contributed by atoms with Gasteiger partial charge < -0.3 is 0 Å². The van der Waals surface area contributed by atoms with Gasteiger partial charge in [0.25, 0.3) is 0 Å². The van der Waals surface area contributed by atoms with Crippen molar-refractivity contribution in [2.45, 2.75) is 31.1 Å². The quantitative estimate of drug-likeness (QED) is 0.714. The minimum absolute atomic E-state index is 0.315. The van der Waals surface area contributed by atoms with Crippen LogP contribution in [0.15, 0.2) is 24.4 Å². The number of hydrogen-bond acceptors (Lipinski definition) is 1. The van der Waals surface area contributed by atoms with E-state index in [4.69, 9.17) is 11.6 Å². The molecule has 0 aliphatic heterocycles. The van der Waals surface area contributed by atoms with Crippen molar-refractivity contribution in [3.05, 3.63) is 30.1 Å². The van der Waals surface area contributed by atoms with Gasteiger partial charge in [-0.25, -0.2) is 0 Å². The van der Waals surface area contributed by atoms with Gasteiger partial charge in [0.15, 0.2) is 0 Å². The molecule has 3 rings (SSSR count). The van der Waals surface area contributed by atoms with Crippen molar-refractivity contribution in [2.24, 2.45) is 17.8 Å². The van der Waals surface area contributed by atoms with Gasteiger partial charge in [-0.2, -0.15) is 0 Å². The third-order valence-corrected chi connectivity index (χ3v) is 4.47. The zero-order chi connectivity index (χ0) is 10.3. The van der Waals surface area contributed by atoms with Gasteiger partial charge in [-0.15, -0.1) is 11.6 Å². The molecule has 1 aromatic rings. The molecule has 0 saturated heterocycles. The van der Waals surface area contributed by atoms with Crippen molar-refractivity contribution in [3.8, 4) is 0 Å². The summed E-state index contributed by atoms with van der Waals surface area (Å²) in [6.45, 7) is 0. The van der Waals surface area contributed by atoms with Crippen molar-refractivity contribution >= 4 is 11.6 Å². The summed E-state index contributed by atoms with van der Waals surface area (Å²) >= 11 is 6.47. The third-order valence-electron chi connectivity index (χ3n) is 4.02. The fourth-order valence-electron chi connectivity index (χ4n) is 3.27. The van der Waals surface area contributed by atoms with E-state index in [9.17, 15) is 0 Å². The Morgan fingerprint density at radius 1 is 1.33 bits per heavy atom.